The van der Waals surface area contributed by atoms with E-state index in [-0.39, 0.29) is 0 Å². The van der Waals surface area contributed by atoms with Gasteiger partial charge in [-0.1, -0.05) is 23.7 Å². The third-order valence-electron chi connectivity index (χ3n) is 2.06. The van der Waals surface area contributed by atoms with Crippen LogP contribution >= 0.6 is 11.6 Å². The lowest BCUT2D eigenvalue weighted by atomic mass is 10.1. The fourth-order valence-electron chi connectivity index (χ4n) is 1.26. The molecular weight excluding hydrogens is 218 g/mol. The summed E-state index contributed by atoms with van der Waals surface area (Å²) in [4.78, 5) is 4.63. The van der Waals surface area contributed by atoms with Crippen LogP contribution in [-0.4, -0.2) is 24.6 Å². The molecule has 1 aromatic rings. The summed E-state index contributed by atoms with van der Waals surface area (Å²) < 4.78 is 4.72. The van der Waals surface area contributed by atoms with E-state index in [1.807, 2.05) is 12.1 Å². The minimum absolute atomic E-state index is 0.437. The molecule has 0 saturated carbocycles. The van der Waals surface area contributed by atoms with Crippen LogP contribution in [0.1, 0.15) is 5.56 Å². The van der Waals surface area contributed by atoms with Crippen LogP contribution in [0, 0.1) is 0 Å². The maximum atomic E-state index is 9.39. The van der Waals surface area contributed by atoms with Gasteiger partial charge in [0.2, 0.25) is 0 Å². The van der Waals surface area contributed by atoms with E-state index in [1.165, 1.54) is 7.11 Å². The molecule has 0 aliphatic carbocycles. The van der Waals surface area contributed by atoms with Crippen LogP contribution in [-0.2, 0) is 16.0 Å². The van der Waals surface area contributed by atoms with Gasteiger partial charge >= 0.3 is 0 Å². The summed E-state index contributed by atoms with van der Waals surface area (Å²) in [6, 6.07) is 7.26. The normalized spacial score (nSPS) is 14.9. The number of methoxy groups -OCH3 is 1. The van der Waals surface area contributed by atoms with Crippen molar-refractivity contribution in [2.75, 3.05) is 7.11 Å². The van der Waals surface area contributed by atoms with Crippen LogP contribution in [0.15, 0.2) is 24.3 Å². The summed E-state index contributed by atoms with van der Waals surface area (Å²) in [6.07, 6.45) is -1.21. The molecule has 4 nitrogen and oxygen atoms in total. The Balaban J connectivity index is 2.66. The standard InChI is InChI=1S/C10H14ClNO3/c1-14-10(13)9(15-12)6-7-3-2-4-8(11)5-7/h2-5,9-10,13H,6,12H2,1H3. The van der Waals surface area contributed by atoms with Crippen molar-refractivity contribution in [3.63, 3.8) is 0 Å². The average Bonchev–Trinajstić information content (AvgIpc) is 2.25. The van der Waals surface area contributed by atoms with E-state index in [4.69, 9.17) is 22.2 Å². The van der Waals surface area contributed by atoms with Gasteiger partial charge in [0, 0.05) is 18.6 Å². The van der Waals surface area contributed by atoms with E-state index >= 15 is 0 Å². The number of nitrogens with two attached hydrogens (primary N) is 1. The molecule has 0 aliphatic heterocycles. The zero-order valence-corrected chi connectivity index (χ0v) is 9.15. The molecule has 0 radical (unpaired) electrons. The van der Waals surface area contributed by atoms with Crippen LogP contribution < -0.4 is 5.90 Å². The van der Waals surface area contributed by atoms with Crippen LogP contribution in [0.5, 0.6) is 0 Å². The van der Waals surface area contributed by atoms with E-state index < -0.39 is 12.4 Å². The highest BCUT2D eigenvalue weighted by Gasteiger charge is 2.19. The molecule has 2 unspecified atom stereocenters. The van der Waals surface area contributed by atoms with Crippen molar-refractivity contribution in [3.05, 3.63) is 34.9 Å². The van der Waals surface area contributed by atoms with E-state index in [0.717, 1.165) is 5.56 Å². The smallest absolute Gasteiger partial charge is 0.183 e. The Morgan fingerprint density at radius 3 is 2.80 bits per heavy atom. The van der Waals surface area contributed by atoms with Crippen molar-refractivity contribution < 1.29 is 14.7 Å². The minimum Gasteiger partial charge on any atom is -0.366 e. The number of rotatable bonds is 5. The van der Waals surface area contributed by atoms with E-state index in [0.29, 0.717) is 11.4 Å². The third-order valence-corrected chi connectivity index (χ3v) is 2.30. The number of aliphatic hydroxyl groups is 1. The van der Waals surface area contributed by atoms with Gasteiger partial charge in [-0.3, -0.25) is 4.84 Å². The predicted molar refractivity (Wildman–Crippen MR) is 57.2 cm³/mol. The minimum atomic E-state index is -1.05. The van der Waals surface area contributed by atoms with Crippen molar-refractivity contribution in [2.45, 2.75) is 18.8 Å². The van der Waals surface area contributed by atoms with E-state index in [1.54, 1.807) is 12.1 Å². The van der Waals surface area contributed by atoms with Gasteiger partial charge in [0.05, 0.1) is 0 Å². The van der Waals surface area contributed by atoms with Crippen LogP contribution in [0.25, 0.3) is 0 Å². The number of halogens is 1. The van der Waals surface area contributed by atoms with Gasteiger partial charge in [-0.2, -0.15) is 0 Å². The van der Waals surface area contributed by atoms with Gasteiger partial charge in [-0.25, -0.2) is 5.90 Å². The molecule has 0 fully saturated rings. The highest BCUT2D eigenvalue weighted by Crippen LogP contribution is 2.14. The van der Waals surface area contributed by atoms with Crippen LogP contribution in [0.3, 0.4) is 0 Å². The molecular formula is C10H14ClNO3. The summed E-state index contributed by atoms with van der Waals surface area (Å²) in [5.41, 5.74) is 0.925. The predicted octanol–water partition coefficient (Wildman–Crippen LogP) is 1.11. The zero-order chi connectivity index (χ0) is 11.3. The van der Waals surface area contributed by atoms with Gasteiger partial charge in [-0.05, 0) is 17.7 Å². The Kier molecular flexibility index (Phi) is 5.01. The Morgan fingerprint density at radius 2 is 2.27 bits per heavy atom. The van der Waals surface area contributed by atoms with Crippen molar-refractivity contribution in [2.24, 2.45) is 5.90 Å². The van der Waals surface area contributed by atoms with Crippen molar-refractivity contribution in [3.8, 4) is 0 Å². The average molecular weight is 232 g/mol. The van der Waals surface area contributed by atoms with Gasteiger partial charge in [0.1, 0.15) is 6.10 Å². The fraction of sp³-hybridized carbons (Fsp3) is 0.400. The summed E-state index contributed by atoms with van der Waals surface area (Å²) in [5, 5.41) is 10.0. The number of hydrogen-bond acceptors (Lipinski definition) is 4. The first-order valence-electron chi connectivity index (χ1n) is 4.48. The molecule has 3 N–H and O–H groups in total. The third kappa shape index (κ3) is 3.77. The van der Waals surface area contributed by atoms with Gasteiger partial charge in [0.25, 0.3) is 0 Å². The molecule has 84 valence electrons. The highest BCUT2D eigenvalue weighted by molar-refractivity contribution is 6.30. The zero-order valence-electron chi connectivity index (χ0n) is 8.39. The fourth-order valence-corrected chi connectivity index (χ4v) is 1.48. The van der Waals surface area contributed by atoms with Gasteiger partial charge in [-0.15, -0.1) is 0 Å². The van der Waals surface area contributed by atoms with Gasteiger partial charge in [0.15, 0.2) is 6.29 Å². The lowest BCUT2D eigenvalue weighted by molar-refractivity contribution is -0.164. The quantitative estimate of drug-likeness (QED) is 0.589. The topological polar surface area (TPSA) is 64.7 Å². The lowest BCUT2D eigenvalue weighted by Gasteiger charge is -2.19. The SMILES string of the molecule is COC(O)C(Cc1cccc(Cl)c1)ON. The van der Waals surface area contributed by atoms with Gasteiger partial charge < -0.3 is 9.84 Å². The molecule has 0 bridgehead atoms. The molecule has 1 rings (SSSR count). The van der Waals surface area contributed by atoms with Crippen LogP contribution in [0.2, 0.25) is 5.02 Å². The largest absolute Gasteiger partial charge is 0.366 e. The summed E-state index contributed by atoms with van der Waals surface area (Å²) in [5.74, 6) is 5.06. The summed E-state index contributed by atoms with van der Waals surface area (Å²) in [6.45, 7) is 0. The van der Waals surface area contributed by atoms with Crippen molar-refractivity contribution in [1.82, 2.24) is 0 Å². The number of hydrogen-bond donors (Lipinski definition) is 2. The number of benzene rings is 1. The first kappa shape index (κ1) is 12.4. The molecule has 0 amide bonds. The summed E-state index contributed by atoms with van der Waals surface area (Å²) >= 11 is 5.82. The molecule has 0 aromatic heterocycles. The number of aliphatic hydroxyl groups excluding tert-OH is 1. The first-order valence-corrected chi connectivity index (χ1v) is 4.86. The number of ether oxygens (including phenoxy) is 1. The van der Waals surface area contributed by atoms with E-state index in [2.05, 4.69) is 4.84 Å². The highest BCUT2D eigenvalue weighted by atomic mass is 35.5. The lowest BCUT2D eigenvalue weighted by Crippen LogP contribution is -2.34. The maximum Gasteiger partial charge on any atom is 0.183 e. The molecule has 0 heterocycles. The molecule has 5 heteroatoms. The first-order chi connectivity index (χ1) is 7.17. The van der Waals surface area contributed by atoms with Crippen molar-refractivity contribution in [1.29, 1.82) is 0 Å². The Hall–Kier alpha value is -0.650. The monoisotopic (exact) mass is 231 g/mol. The Morgan fingerprint density at radius 1 is 1.53 bits per heavy atom. The molecule has 0 spiro atoms. The Labute approximate surface area is 93.5 Å². The van der Waals surface area contributed by atoms with Crippen LogP contribution in [0.4, 0.5) is 0 Å². The van der Waals surface area contributed by atoms with Crippen molar-refractivity contribution >= 4 is 11.6 Å². The second-order valence-electron chi connectivity index (χ2n) is 3.13. The molecule has 0 saturated heterocycles. The summed E-state index contributed by atoms with van der Waals surface area (Å²) in [7, 11) is 1.38. The van der Waals surface area contributed by atoms with E-state index in [9.17, 15) is 5.11 Å². The second kappa shape index (κ2) is 6.05. The molecule has 1 aromatic carbocycles. The second-order valence-corrected chi connectivity index (χ2v) is 3.57. The maximum absolute atomic E-state index is 9.39. The molecule has 2 atom stereocenters. The molecule has 15 heavy (non-hydrogen) atoms. The Bertz CT molecular complexity index is 308. The molecule has 0 aliphatic rings.